The highest BCUT2D eigenvalue weighted by Gasteiger charge is 2.31. The van der Waals surface area contributed by atoms with Crippen molar-refractivity contribution in [3.8, 4) is 11.1 Å². The van der Waals surface area contributed by atoms with Crippen LogP contribution in [0.4, 0.5) is 13.2 Å². The van der Waals surface area contributed by atoms with E-state index in [0.717, 1.165) is 42.3 Å². The summed E-state index contributed by atoms with van der Waals surface area (Å²) in [5.74, 6) is 0.174. The summed E-state index contributed by atoms with van der Waals surface area (Å²) in [5, 5.41) is 5.81. The standard InChI is InChI=1S/C29H26F3NO.ClH/c30-29(31,32)26-10-4-8-24(17-26)23-7-3-9-25(16-23)27-13-14-33-18-28(27)34-19-20-11-12-21-5-1-2-6-22(21)15-20;/h1-12,15-17,27-28,33H,13-14,18-19H2;1H/t27-,28+;/m1./s1. The summed E-state index contributed by atoms with van der Waals surface area (Å²) in [6.07, 6.45) is -3.46. The van der Waals surface area contributed by atoms with Gasteiger partial charge in [0.1, 0.15) is 0 Å². The molecule has 0 radical (unpaired) electrons. The largest absolute Gasteiger partial charge is 0.416 e. The maximum Gasteiger partial charge on any atom is 0.416 e. The molecule has 0 spiro atoms. The number of halogens is 4. The van der Waals surface area contributed by atoms with E-state index in [0.29, 0.717) is 12.2 Å². The molecule has 182 valence electrons. The van der Waals surface area contributed by atoms with Crippen LogP contribution in [-0.2, 0) is 17.5 Å². The summed E-state index contributed by atoms with van der Waals surface area (Å²) in [7, 11) is 0. The Balaban J connectivity index is 0.00000289. The van der Waals surface area contributed by atoms with Gasteiger partial charge in [-0.1, -0.05) is 72.8 Å². The van der Waals surface area contributed by atoms with Gasteiger partial charge in [0.2, 0.25) is 0 Å². The van der Waals surface area contributed by atoms with Crippen LogP contribution in [-0.4, -0.2) is 19.2 Å². The monoisotopic (exact) mass is 497 g/mol. The van der Waals surface area contributed by atoms with E-state index < -0.39 is 11.7 Å². The highest BCUT2D eigenvalue weighted by Crippen LogP contribution is 2.34. The lowest BCUT2D eigenvalue weighted by Crippen LogP contribution is -2.41. The summed E-state index contributed by atoms with van der Waals surface area (Å²) in [6.45, 7) is 2.14. The molecule has 4 aromatic rings. The highest BCUT2D eigenvalue weighted by molar-refractivity contribution is 5.85. The van der Waals surface area contributed by atoms with Crippen LogP contribution in [0.15, 0.2) is 91.0 Å². The molecule has 0 aliphatic carbocycles. The van der Waals surface area contributed by atoms with E-state index in [1.54, 1.807) is 6.07 Å². The molecular formula is C29H27ClF3NO. The third-order valence-electron chi connectivity index (χ3n) is 6.54. The van der Waals surface area contributed by atoms with Crippen molar-refractivity contribution in [3.05, 3.63) is 108 Å². The van der Waals surface area contributed by atoms with Crippen molar-refractivity contribution in [1.82, 2.24) is 5.32 Å². The molecule has 1 aliphatic rings. The van der Waals surface area contributed by atoms with E-state index in [1.165, 1.54) is 22.9 Å². The first-order valence-corrected chi connectivity index (χ1v) is 11.5. The molecule has 35 heavy (non-hydrogen) atoms. The molecular weight excluding hydrogens is 471 g/mol. The summed E-state index contributed by atoms with van der Waals surface area (Å²) in [5.41, 5.74) is 2.95. The van der Waals surface area contributed by atoms with E-state index in [-0.39, 0.29) is 24.4 Å². The topological polar surface area (TPSA) is 21.3 Å². The van der Waals surface area contributed by atoms with Crippen LogP contribution in [0.1, 0.15) is 29.0 Å². The van der Waals surface area contributed by atoms with Gasteiger partial charge in [-0.15, -0.1) is 12.4 Å². The summed E-state index contributed by atoms with van der Waals surface area (Å²) in [6, 6.07) is 28.0. The van der Waals surface area contributed by atoms with Crippen molar-refractivity contribution >= 4 is 23.2 Å². The van der Waals surface area contributed by atoms with Crippen molar-refractivity contribution < 1.29 is 17.9 Å². The Morgan fingerprint density at radius 3 is 2.34 bits per heavy atom. The second-order valence-electron chi connectivity index (χ2n) is 8.83. The first-order chi connectivity index (χ1) is 16.5. The first kappa shape index (κ1) is 25.2. The van der Waals surface area contributed by atoms with Gasteiger partial charge in [-0.05, 0) is 64.2 Å². The molecule has 0 bridgehead atoms. The van der Waals surface area contributed by atoms with Crippen LogP contribution >= 0.6 is 12.4 Å². The lowest BCUT2D eigenvalue weighted by atomic mass is 9.86. The molecule has 0 unspecified atom stereocenters. The van der Waals surface area contributed by atoms with Crippen LogP contribution in [0.3, 0.4) is 0 Å². The number of fused-ring (bicyclic) bond motifs is 1. The number of hydrogen-bond acceptors (Lipinski definition) is 2. The summed E-state index contributed by atoms with van der Waals surface area (Å²) >= 11 is 0. The van der Waals surface area contributed by atoms with Gasteiger partial charge in [0.05, 0.1) is 18.3 Å². The molecule has 1 saturated heterocycles. The Morgan fingerprint density at radius 2 is 1.54 bits per heavy atom. The van der Waals surface area contributed by atoms with Crippen LogP contribution in [0, 0.1) is 0 Å². The quantitative estimate of drug-likeness (QED) is 0.306. The predicted octanol–water partition coefficient (Wildman–Crippen LogP) is 7.61. The number of ether oxygens (including phenoxy) is 1. The maximum absolute atomic E-state index is 13.2. The van der Waals surface area contributed by atoms with Crippen molar-refractivity contribution in [2.75, 3.05) is 13.1 Å². The van der Waals surface area contributed by atoms with E-state index in [4.69, 9.17) is 4.74 Å². The van der Waals surface area contributed by atoms with E-state index in [1.807, 2.05) is 30.3 Å². The van der Waals surface area contributed by atoms with E-state index >= 15 is 0 Å². The van der Waals surface area contributed by atoms with Crippen LogP contribution < -0.4 is 5.32 Å². The number of rotatable bonds is 5. The van der Waals surface area contributed by atoms with Crippen LogP contribution in [0.2, 0.25) is 0 Å². The Bertz CT molecular complexity index is 1290. The molecule has 4 aromatic carbocycles. The average molecular weight is 498 g/mol. The normalized spacial score (nSPS) is 18.3. The maximum atomic E-state index is 13.2. The zero-order valence-electron chi connectivity index (χ0n) is 19.1. The molecule has 0 saturated carbocycles. The highest BCUT2D eigenvalue weighted by atomic mass is 35.5. The molecule has 5 rings (SSSR count). The number of nitrogens with one attached hydrogen (secondary N) is 1. The number of hydrogen-bond donors (Lipinski definition) is 1. The van der Waals surface area contributed by atoms with Crippen molar-refractivity contribution in [2.24, 2.45) is 0 Å². The lowest BCUT2D eigenvalue weighted by molar-refractivity contribution is -0.137. The third-order valence-corrected chi connectivity index (χ3v) is 6.54. The van der Waals surface area contributed by atoms with Gasteiger partial charge >= 0.3 is 6.18 Å². The van der Waals surface area contributed by atoms with E-state index in [9.17, 15) is 13.2 Å². The molecule has 1 aliphatic heterocycles. The number of piperidine rings is 1. The smallest absolute Gasteiger partial charge is 0.372 e. The third kappa shape index (κ3) is 5.87. The minimum Gasteiger partial charge on any atom is -0.372 e. The minimum absolute atomic E-state index is 0. The average Bonchev–Trinajstić information content (AvgIpc) is 2.87. The van der Waals surface area contributed by atoms with Crippen LogP contribution in [0.5, 0.6) is 0 Å². The van der Waals surface area contributed by atoms with Gasteiger partial charge in [-0.25, -0.2) is 0 Å². The molecule has 1 heterocycles. The van der Waals surface area contributed by atoms with Crippen molar-refractivity contribution in [1.29, 1.82) is 0 Å². The first-order valence-electron chi connectivity index (χ1n) is 11.5. The Hall–Kier alpha value is -2.86. The number of benzene rings is 4. The second-order valence-corrected chi connectivity index (χ2v) is 8.83. The van der Waals surface area contributed by atoms with E-state index in [2.05, 4.69) is 41.7 Å². The van der Waals surface area contributed by atoms with Crippen LogP contribution in [0.25, 0.3) is 21.9 Å². The minimum atomic E-state index is -4.36. The van der Waals surface area contributed by atoms with Crippen molar-refractivity contribution in [3.63, 3.8) is 0 Å². The van der Waals surface area contributed by atoms with Gasteiger partial charge in [0, 0.05) is 12.5 Å². The number of alkyl halides is 3. The Kier molecular flexibility index (Phi) is 7.80. The molecule has 1 N–H and O–H groups in total. The van der Waals surface area contributed by atoms with Gasteiger partial charge in [-0.2, -0.15) is 13.2 Å². The van der Waals surface area contributed by atoms with Gasteiger partial charge in [0.25, 0.3) is 0 Å². The molecule has 1 fully saturated rings. The second kappa shape index (κ2) is 10.8. The molecule has 2 atom stereocenters. The fourth-order valence-corrected chi connectivity index (χ4v) is 4.74. The van der Waals surface area contributed by atoms with Gasteiger partial charge in [0.15, 0.2) is 0 Å². The molecule has 0 amide bonds. The Labute approximate surface area is 209 Å². The summed E-state index contributed by atoms with van der Waals surface area (Å²) < 4.78 is 46.0. The van der Waals surface area contributed by atoms with Gasteiger partial charge < -0.3 is 10.1 Å². The molecule has 0 aromatic heterocycles. The SMILES string of the molecule is Cl.FC(F)(F)c1cccc(-c2cccc([C@H]3CCNC[C@@H]3OCc3ccc4ccccc4c3)c2)c1. The van der Waals surface area contributed by atoms with Gasteiger partial charge in [-0.3, -0.25) is 0 Å². The zero-order valence-corrected chi connectivity index (χ0v) is 19.9. The summed E-state index contributed by atoms with van der Waals surface area (Å²) in [4.78, 5) is 0. The fourth-order valence-electron chi connectivity index (χ4n) is 4.74. The lowest BCUT2D eigenvalue weighted by Gasteiger charge is -2.33. The Morgan fingerprint density at radius 1 is 0.800 bits per heavy atom. The molecule has 6 heteroatoms. The fraction of sp³-hybridized carbons (Fsp3) is 0.241. The van der Waals surface area contributed by atoms with Crippen molar-refractivity contribution in [2.45, 2.75) is 31.2 Å². The predicted molar refractivity (Wildman–Crippen MR) is 137 cm³/mol. The zero-order chi connectivity index (χ0) is 23.5. The molecule has 2 nitrogen and oxygen atoms in total.